The van der Waals surface area contributed by atoms with Gasteiger partial charge in [0.25, 0.3) is 0 Å². The number of anilines is 1. The molecule has 2 saturated heterocycles. The number of ether oxygens (including phenoxy) is 1. The molecule has 2 unspecified atom stereocenters. The smallest absolute Gasteiger partial charge is 0.248 e. The third kappa shape index (κ3) is 4.84. The summed E-state index contributed by atoms with van der Waals surface area (Å²) in [6.45, 7) is 3.14. The number of para-hydroxylation sites is 1. The summed E-state index contributed by atoms with van der Waals surface area (Å²) in [5, 5.41) is 9.32. The molecule has 0 spiro atoms. The molecule has 170 valence electrons. The van der Waals surface area contributed by atoms with E-state index in [1.54, 1.807) is 30.0 Å². The van der Waals surface area contributed by atoms with E-state index in [1.807, 2.05) is 35.0 Å². The van der Waals surface area contributed by atoms with Gasteiger partial charge in [-0.1, -0.05) is 18.2 Å². The molecule has 9 nitrogen and oxygen atoms in total. The van der Waals surface area contributed by atoms with E-state index < -0.39 is 17.9 Å². The van der Waals surface area contributed by atoms with Crippen molar-refractivity contribution in [3.05, 3.63) is 54.9 Å². The van der Waals surface area contributed by atoms with Crippen LogP contribution in [0, 0.1) is 5.92 Å². The molecule has 0 aliphatic carbocycles. The topological polar surface area (TPSA) is 98.2 Å². The molecule has 0 bridgehead atoms. The van der Waals surface area contributed by atoms with Gasteiger partial charge in [0.05, 0.1) is 5.92 Å². The van der Waals surface area contributed by atoms with Crippen molar-refractivity contribution < 1.29 is 19.5 Å². The third-order valence-electron chi connectivity index (χ3n) is 6.23. The van der Waals surface area contributed by atoms with E-state index in [1.165, 1.54) is 0 Å². The molecule has 3 atom stereocenters. The average Bonchev–Trinajstić information content (AvgIpc) is 2.84. The molecule has 1 aromatic heterocycles. The van der Waals surface area contributed by atoms with Gasteiger partial charge in [0.15, 0.2) is 0 Å². The highest BCUT2D eigenvalue weighted by molar-refractivity contribution is 5.90. The van der Waals surface area contributed by atoms with Crippen LogP contribution in [0.5, 0.6) is 5.75 Å². The first-order valence-corrected chi connectivity index (χ1v) is 10.9. The Hall–Kier alpha value is -3.17. The van der Waals surface area contributed by atoms with Crippen molar-refractivity contribution in [2.45, 2.75) is 18.6 Å². The fourth-order valence-corrected chi connectivity index (χ4v) is 4.63. The Balaban J connectivity index is 1.43. The van der Waals surface area contributed by atoms with Gasteiger partial charge in [-0.05, 0) is 37.7 Å². The second-order valence-electron chi connectivity index (χ2n) is 8.27. The van der Waals surface area contributed by atoms with Crippen LogP contribution < -0.4 is 15.1 Å². The number of nitrogens with one attached hydrogen (secondary N) is 1. The van der Waals surface area contributed by atoms with Gasteiger partial charge in [0.1, 0.15) is 17.9 Å². The number of benzene rings is 1. The lowest BCUT2D eigenvalue weighted by Gasteiger charge is -2.44. The number of carbonyl (C=O) groups excluding carboxylic acids is 2. The molecular formula is C23H29N5O4. The fraction of sp³-hybridized carbons (Fsp3) is 0.435. The van der Waals surface area contributed by atoms with Gasteiger partial charge >= 0.3 is 0 Å². The molecular weight excluding hydrogens is 410 g/mol. The number of likely N-dealkylation sites (N-methyl/N-ethyl adjacent to an activating group) is 1. The Morgan fingerprint density at radius 3 is 2.41 bits per heavy atom. The Bertz CT molecular complexity index is 905. The monoisotopic (exact) mass is 439 g/mol. The van der Waals surface area contributed by atoms with Crippen LogP contribution in [0.1, 0.15) is 6.42 Å². The van der Waals surface area contributed by atoms with Crippen LogP contribution in [0.25, 0.3) is 0 Å². The Labute approximate surface area is 187 Å². The fourth-order valence-electron chi connectivity index (χ4n) is 4.63. The molecule has 4 rings (SSSR count). The first-order valence-electron chi connectivity index (χ1n) is 10.9. The van der Waals surface area contributed by atoms with Crippen molar-refractivity contribution in [1.29, 1.82) is 0 Å². The van der Waals surface area contributed by atoms with Gasteiger partial charge in [-0.25, -0.2) is 5.48 Å². The molecule has 2 aromatic rings. The molecule has 2 aliphatic heterocycles. The Morgan fingerprint density at radius 1 is 1.06 bits per heavy atom. The summed E-state index contributed by atoms with van der Waals surface area (Å²) in [7, 11) is 1.82. The zero-order valence-electron chi connectivity index (χ0n) is 18.1. The lowest BCUT2D eigenvalue weighted by Crippen LogP contribution is -2.62. The maximum absolute atomic E-state index is 13.5. The van der Waals surface area contributed by atoms with Crippen molar-refractivity contribution in [1.82, 2.24) is 20.3 Å². The van der Waals surface area contributed by atoms with E-state index in [-0.39, 0.29) is 12.0 Å². The quantitative estimate of drug-likeness (QED) is 0.530. The van der Waals surface area contributed by atoms with Gasteiger partial charge in [-0.15, -0.1) is 0 Å². The van der Waals surface area contributed by atoms with Crippen molar-refractivity contribution in [3.63, 3.8) is 0 Å². The van der Waals surface area contributed by atoms with Crippen LogP contribution in [0.3, 0.4) is 0 Å². The van der Waals surface area contributed by atoms with E-state index >= 15 is 0 Å². The summed E-state index contributed by atoms with van der Waals surface area (Å²) in [6, 6.07) is 13.0. The molecule has 1 aromatic carbocycles. The number of aromatic nitrogens is 1. The van der Waals surface area contributed by atoms with Gasteiger partial charge in [0.2, 0.25) is 11.8 Å². The van der Waals surface area contributed by atoms with E-state index in [0.717, 1.165) is 18.8 Å². The minimum absolute atomic E-state index is 0.0869. The number of nitrogens with zero attached hydrogens (tertiary/aromatic N) is 4. The maximum atomic E-state index is 13.5. The zero-order valence-corrected chi connectivity index (χ0v) is 18.1. The summed E-state index contributed by atoms with van der Waals surface area (Å²) in [4.78, 5) is 35.9. The normalized spacial score (nSPS) is 24.1. The second-order valence-corrected chi connectivity index (χ2v) is 8.27. The van der Waals surface area contributed by atoms with E-state index in [0.29, 0.717) is 31.8 Å². The Kier molecular flexibility index (Phi) is 6.87. The van der Waals surface area contributed by atoms with Crippen LogP contribution in [-0.2, 0) is 9.59 Å². The maximum Gasteiger partial charge on any atom is 0.248 e. The minimum atomic E-state index is -0.717. The molecule has 0 radical (unpaired) electrons. The molecule has 32 heavy (non-hydrogen) atoms. The lowest BCUT2D eigenvalue weighted by molar-refractivity contribution is -0.151. The average molecular weight is 440 g/mol. The number of carbonyl (C=O) groups is 2. The van der Waals surface area contributed by atoms with Crippen LogP contribution in [-0.4, -0.2) is 83.7 Å². The summed E-state index contributed by atoms with van der Waals surface area (Å²) in [5.41, 5.74) is 2.89. The molecule has 2 amide bonds. The molecule has 2 aliphatic rings. The highest BCUT2D eigenvalue weighted by Crippen LogP contribution is 2.28. The van der Waals surface area contributed by atoms with Gasteiger partial charge < -0.3 is 14.5 Å². The molecule has 0 saturated carbocycles. The summed E-state index contributed by atoms with van der Waals surface area (Å²) >= 11 is 0. The van der Waals surface area contributed by atoms with Crippen molar-refractivity contribution >= 4 is 17.5 Å². The second kappa shape index (κ2) is 9.97. The van der Waals surface area contributed by atoms with E-state index in [2.05, 4.69) is 22.0 Å². The summed E-state index contributed by atoms with van der Waals surface area (Å²) in [6.07, 6.45) is 3.32. The van der Waals surface area contributed by atoms with Crippen molar-refractivity contribution in [3.8, 4) is 5.75 Å². The number of amides is 2. The van der Waals surface area contributed by atoms with Crippen LogP contribution >= 0.6 is 0 Å². The molecule has 2 fully saturated rings. The number of rotatable bonds is 5. The first-order chi connectivity index (χ1) is 15.6. The number of hydroxylamine groups is 1. The minimum Gasteiger partial charge on any atom is -0.489 e. The summed E-state index contributed by atoms with van der Waals surface area (Å²) in [5.74, 6) is -0.717. The largest absolute Gasteiger partial charge is 0.489 e. The Morgan fingerprint density at radius 2 is 1.75 bits per heavy atom. The predicted molar refractivity (Wildman–Crippen MR) is 118 cm³/mol. The zero-order chi connectivity index (χ0) is 22.5. The van der Waals surface area contributed by atoms with Crippen LogP contribution in [0.4, 0.5) is 5.69 Å². The molecule has 2 N–H and O–H groups in total. The van der Waals surface area contributed by atoms with Gasteiger partial charge in [-0.3, -0.25) is 24.7 Å². The number of piperidine rings is 1. The van der Waals surface area contributed by atoms with E-state index in [4.69, 9.17) is 4.74 Å². The van der Waals surface area contributed by atoms with Crippen LogP contribution in [0.15, 0.2) is 54.9 Å². The number of hydrogen-bond donors (Lipinski definition) is 2. The predicted octanol–water partition coefficient (Wildman–Crippen LogP) is 1.00. The highest BCUT2D eigenvalue weighted by Gasteiger charge is 2.45. The molecule has 9 heteroatoms. The highest BCUT2D eigenvalue weighted by atomic mass is 16.5. The van der Waals surface area contributed by atoms with E-state index in [9.17, 15) is 14.8 Å². The number of likely N-dealkylation sites (tertiary alicyclic amines) is 1. The van der Waals surface area contributed by atoms with Crippen LogP contribution in [0.2, 0.25) is 0 Å². The first kappa shape index (κ1) is 22.0. The summed E-state index contributed by atoms with van der Waals surface area (Å²) < 4.78 is 6.01. The number of hydrogen-bond acceptors (Lipinski definition) is 7. The SMILES string of the molecule is CN1CC(Oc2ccncc2)CC(C(=O)NO)[C@H]1C(=O)N1CCN(c2ccccc2)CC1. The van der Waals surface area contributed by atoms with Gasteiger partial charge in [-0.2, -0.15) is 0 Å². The molecule has 3 heterocycles. The van der Waals surface area contributed by atoms with Crippen molar-refractivity contribution in [2.24, 2.45) is 5.92 Å². The number of pyridine rings is 1. The number of piperazine rings is 1. The third-order valence-corrected chi connectivity index (χ3v) is 6.23. The van der Waals surface area contributed by atoms with Crippen molar-refractivity contribution in [2.75, 3.05) is 44.7 Å². The lowest BCUT2D eigenvalue weighted by atomic mass is 9.86. The van der Waals surface area contributed by atoms with Gasteiger partial charge in [0, 0.05) is 50.8 Å². The standard InChI is InChI=1S/C23H29N5O4/c1-26-16-19(32-18-7-9-24-10-8-18)15-20(22(29)25-31)21(26)23(30)28-13-11-27(12-14-28)17-5-3-2-4-6-17/h2-10,19-21,31H,11-16H2,1H3,(H,25,29)/t19?,20?,21-/m0/s1.